The van der Waals surface area contributed by atoms with Gasteiger partial charge in [0, 0.05) is 8.95 Å². The van der Waals surface area contributed by atoms with Crippen molar-refractivity contribution in [2.75, 3.05) is 7.11 Å². The Morgan fingerprint density at radius 2 is 1.90 bits per heavy atom. The number of esters is 1. The second kappa shape index (κ2) is 7.02. The van der Waals surface area contributed by atoms with E-state index >= 15 is 0 Å². The van der Waals surface area contributed by atoms with Gasteiger partial charge >= 0.3 is 5.97 Å². The predicted octanol–water partition coefficient (Wildman–Crippen LogP) is 2.69. The lowest BCUT2D eigenvalue weighted by Crippen LogP contribution is -2.44. The van der Waals surface area contributed by atoms with Crippen molar-refractivity contribution in [2.24, 2.45) is 5.92 Å². The molecule has 0 radical (unpaired) electrons. The van der Waals surface area contributed by atoms with Crippen LogP contribution in [0.4, 0.5) is 0 Å². The Bertz CT molecular complexity index is 601. The van der Waals surface area contributed by atoms with Crippen LogP contribution in [0.2, 0.25) is 0 Å². The van der Waals surface area contributed by atoms with Crippen LogP contribution >= 0.6 is 31.9 Å². The maximum atomic E-state index is 12.3. The van der Waals surface area contributed by atoms with Crippen molar-refractivity contribution in [3.8, 4) is 0 Å². The SMILES string of the molecule is COC(=O)[C@@H](NS(=O)(=O)c1ccc(Br)cc1Br)C(C)C. The summed E-state index contributed by atoms with van der Waals surface area (Å²) in [6.07, 6.45) is 0. The molecule has 0 aliphatic rings. The molecule has 0 bridgehead atoms. The second-order valence-electron chi connectivity index (χ2n) is 4.44. The van der Waals surface area contributed by atoms with Gasteiger partial charge in [0.15, 0.2) is 0 Å². The fourth-order valence-electron chi connectivity index (χ4n) is 1.51. The summed E-state index contributed by atoms with van der Waals surface area (Å²) in [6, 6.07) is 3.75. The molecule has 0 fully saturated rings. The number of ether oxygens (including phenoxy) is 1. The minimum absolute atomic E-state index is 0.0650. The summed E-state index contributed by atoms with van der Waals surface area (Å²) in [6.45, 7) is 3.47. The monoisotopic (exact) mass is 427 g/mol. The first kappa shape index (κ1) is 17.6. The predicted molar refractivity (Wildman–Crippen MR) is 82.8 cm³/mol. The van der Waals surface area contributed by atoms with Crippen molar-refractivity contribution in [2.45, 2.75) is 24.8 Å². The topological polar surface area (TPSA) is 72.5 Å². The quantitative estimate of drug-likeness (QED) is 0.731. The van der Waals surface area contributed by atoms with Crippen LogP contribution < -0.4 is 4.72 Å². The molecule has 1 rings (SSSR count). The molecule has 8 heteroatoms. The Morgan fingerprint density at radius 3 is 2.35 bits per heavy atom. The average molecular weight is 429 g/mol. The Labute approximate surface area is 135 Å². The molecule has 0 saturated heterocycles. The molecule has 20 heavy (non-hydrogen) atoms. The van der Waals surface area contributed by atoms with Crippen LogP contribution in [0.25, 0.3) is 0 Å². The third-order valence-corrected chi connectivity index (χ3v) is 5.50. The average Bonchev–Trinajstić information content (AvgIpc) is 2.34. The molecular formula is C12H15Br2NO4S. The van der Waals surface area contributed by atoms with E-state index in [4.69, 9.17) is 0 Å². The molecule has 0 amide bonds. The van der Waals surface area contributed by atoms with Gasteiger partial charge in [0.1, 0.15) is 6.04 Å². The van der Waals surface area contributed by atoms with Gasteiger partial charge in [-0.3, -0.25) is 4.79 Å². The van der Waals surface area contributed by atoms with E-state index in [2.05, 4.69) is 41.3 Å². The standard InChI is InChI=1S/C12H15Br2NO4S/c1-7(2)11(12(16)19-3)15-20(17,18)10-5-4-8(13)6-9(10)14/h4-7,11,15H,1-3H3/t11-/m0/s1. The Morgan fingerprint density at radius 1 is 1.30 bits per heavy atom. The van der Waals surface area contributed by atoms with E-state index in [1.807, 2.05) is 0 Å². The van der Waals surface area contributed by atoms with Crippen LogP contribution in [0.1, 0.15) is 13.8 Å². The van der Waals surface area contributed by atoms with E-state index in [-0.39, 0.29) is 10.8 Å². The molecule has 0 saturated carbocycles. The summed E-state index contributed by atoms with van der Waals surface area (Å²) in [5.74, 6) is -0.844. The van der Waals surface area contributed by atoms with Gasteiger partial charge in [-0.05, 0) is 40.0 Å². The van der Waals surface area contributed by atoms with Gasteiger partial charge in [0.05, 0.1) is 12.0 Å². The van der Waals surface area contributed by atoms with Gasteiger partial charge in [0.2, 0.25) is 10.0 Å². The van der Waals surface area contributed by atoms with Crippen LogP contribution in [0.15, 0.2) is 32.0 Å². The molecular weight excluding hydrogens is 414 g/mol. The number of hydrogen-bond donors (Lipinski definition) is 1. The number of benzene rings is 1. The zero-order chi connectivity index (χ0) is 15.5. The largest absolute Gasteiger partial charge is 0.468 e. The number of carbonyl (C=O) groups is 1. The van der Waals surface area contributed by atoms with E-state index in [1.165, 1.54) is 13.2 Å². The first-order valence-corrected chi connectivity index (χ1v) is 8.81. The number of sulfonamides is 1. The van der Waals surface area contributed by atoms with Gasteiger partial charge < -0.3 is 4.74 Å². The Hall–Kier alpha value is -0.440. The highest BCUT2D eigenvalue weighted by Gasteiger charge is 2.30. The molecule has 5 nitrogen and oxygen atoms in total. The molecule has 0 aliphatic carbocycles. The molecule has 1 N–H and O–H groups in total. The molecule has 1 atom stereocenters. The highest BCUT2D eigenvalue weighted by molar-refractivity contribution is 9.11. The van der Waals surface area contributed by atoms with Gasteiger partial charge in [-0.15, -0.1) is 0 Å². The van der Waals surface area contributed by atoms with Gasteiger partial charge in [-0.25, -0.2) is 8.42 Å². The molecule has 0 aliphatic heterocycles. The minimum Gasteiger partial charge on any atom is -0.468 e. The normalized spacial score (nSPS) is 13.3. The molecule has 1 aromatic rings. The zero-order valence-electron chi connectivity index (χ0n) is 11.2. The maximum absolute atomic E-state index is 12.3. The molecule has 0 aromatic heterocycles. The van der Waals surface area contributed by atoms with E-state index < -0.39 is 22.0 Å². The van der Waals surface area contributed by atoms with Gasteiger partial charge in [0.25, 0.3) is 0 Å². The van der Waals surface area contributed by atoms with Crippen molar-refractivity contribution in [3.05, 3.63) is 27.1 Å². The number of nitrogens with one attached hydrogen (secondary N) is 1. The van der Waals surface area contributed by atoms with Crippen molar-refractivity contribution in [1.82, 2.24) is 4.72 Å². The lowest BCUT2D eigenvalue weighted by Gasteiger charge is -2.20. The van der Waals surface area contributed by atoms with Crippen molar-refractivity contribution in [1.29, 1.82) is 0 Å². The van der Waals surface area contributed by atoms with Gasteiger partial charge in [-0.1, -0.05) is 29.8 Å². The molecule has 1 aromatic carbocycles. The highest BCUT2D eigenvalue weighted by atomic mass is 79.9. The fraction of sp³-hybridized carbons (Fsp3) is 0.417. The van der Waals surface area contributed by atoms with Crippen LogP contribution in [0.3, 0.4) is 0 Å². The lowest BCUT2D eigenvalue weighted by molar-refractivity contribution is -0.143. The number of hydrogen-bond acceptors (Lipinski definition) is 4. The molecule has 0 heterocycles. The zero-order valence-corrected chi connectivity index (χ0v) is 15.2. The first-order valence-electron chi connectivity index (χ1n) is 5.74. The van der Waals surface area contributed by atoms with Crippen LogP contribution in [-0.4, -0.2) is 27.5 Å². The molecule has 0 spiro atoms. The third kappa shape index (κ3) is 4.28. The summed E-state index contributed by atoms with van der Waals surface area (Å²) in [7, 11) is -2.60. The Kier molecular flexibility index (Phi) is 6.18. The van der Waals surface area contributed by atoms with E-state index in [0.29, 0.717) is 4.47 Å². The number of halogens is 2. The lowest BCUT2D eigenvalue weighted by atomic mass is 10.1. The summed E-state index contributed by atoms with van der Waals surface area (Å²) in [4.78, 5) is 11.7. The van der Waals surface area contributed by atoms with Crippen LogP contribution in [0, 0.1) is 5.92 Å². The Balaban J connectivity index is 3.13. The van der Waals surface area contributed by atoms with E-state index in [0.717, 1.165) is 4.47 Å². The fourth-order valence-corrected chi connectivity index (χ4v) is 4.59. The third-order valence-electron chi connectivity index (χ3n) is 2.59. The summed E-state index contributed by atoms with van der Waals surface area (Å²) in [5, 5.41) is 0. The molecule has 0 unspecified atom stereocenters. The summed E-state index contributed by atoms with van der Waals surface area (Å²) < 4.78 is 32.8. The van der Waals surface area contributed by atoms with Crippen molar-refractivity contribution >= 4 is 47.9 Å². The van der Waals surface area contributed by atoms with Gasteiger partial charge in [-0.2, -0.15) is 4.72 Å². The second-order valence-corrected chi connectivity index (χ2v) is 7.89. The summed E-state index contributed by atoms with van der Waals surface area (Å²) in [5.41, 5.74) is 0. The highest BCUT2D eigenvalue weighted by Crippen LogP contribution is 2.26. The smallest absolute Gasteiger partial charge is 0.324 e. The molecule has 112 valence electrons. The number of methoxy groups -OCH3 is 1. The van der Waals surface area contributed by atoms with Crippen molar-refractivity contribution in [3.63, 3.8) is 0 Å². The van der Waals surface area contributed by atoms with E-state index in [1.54, 1.807) is 26.0 Å². The number of rotatable bonds is 5. The first-order chi connectivity index (χ1) is 9.19. The van der Waals surface area contributed by atoms with Crippen LogP contribution in [0.5, 0.6) is 0 Å². The minimum atomic E-state index is -3.83. The van der Waals surface area contributed by atoms with Crippen molar-refractivity contribution < 1.29 is 17.9 Å². The van der Waals surface area contributed by atoms with Crippen LogP contribution in [-0.2, 0) is 19.6 Å². The van der Waals surface area contributed by atoms with E-state index in [9.17, 15) is 13.2 Å². The maximum Gasteiger partial charge on any atom is 0.324 e. The number of carbonyl (C=O) groups excluding carboxylic acids is 1. The summed E-state index contributed by atoms with van der Waals surface area (Å²) >= 11 is 6.45.